The standard InChI is InChI=1S/C11H12Br2FNO/c1-2-8(6-12)15-11(16)9-4-3-7(13)5-10(9)14/h3-5,8H,2,6H2,1H3,(H,15,16). The maximum Gasteiger partial charge on any atom is 0.254 e. The van der Waals surface area contributed by atoms with Gasteiger partial charge >= 0.3 is 0 Å². The molecule has 0 saturated heterocycles. The number of hydrogen-bond acceptors (Lipinski definition) is 1. The Morgan fingerprint density at radius 3 is 2.75 bits per heavy atom. The molecule has 1 rings (SSSR count). The molecule has 88 valence electrons. The summed E-state index contributed by atoms with van der Waals surface area (Å²) >= 11 is 6.44. The maximum absolute atomic E-state index is 13.5. The summed E-state index contributed by atoms with van der Waals surface area (Å²) in [5.74, 6) is -0.896. The van der Waals surface area contributed by atoms with Crippen LogP contribution in [0.15, 0.2) is 22.7 Å². The lowest BCUT2D eigenvalue weighted by Gasteiger charge is -2.14. The Morgan fingerprint density at radius 2 is 2.25 bits per heavy atom. The maximum atomic E-state index is 13.5. The average Bonchev–Trinajstić information content (AvgIpc) is 2.25. The van der Waals surface area contributed by atoms with Crippen LogP contribution in [0.25, 0.3) is 0 Å². The molecule has 0 bridgehead atoms. The zero-order valence-electron chi connectivity index (χ0n) is 8.77. The molecule has 16 heavy (non-hydrogen) atoms. The molecule has 1 N–H and O–H groups in total. The molecule has 0 radical (unpaired) electrons. The number of nitrogens with one attached hydrogen (secondary N) is 1. The molecule has 0 aliphatic heterocycles. The Kier molecular flexibility index (Phi) is 5.41. The van der Waals surface area contributed by atoms with Crippen molar-refractivity contribution in [3.05, 3.63) is 34.1 Å². The van der Waals surface area contributed by atoms with E-state index in [1.54, 1.807) is 6.07 Å². The fourth-order valence-electron chi connectivity index (χ4n) is 1.19. The number of carbonyl (C=O) groups is 1. The number of alkyl halides is 1. The van der Waals surface area contributed by atoms with Crippen LogP contribution in [0, 0.1) is 5.82 Å². The van der Waals surface area contributed by atoms with Crippen LogP contribution in [0.2, 0.25) is 0 Å². The topological polar surface area (TPSA) is 29.1 Å². The third-order valence-corrected chi connectivity index (χ3v) is 3.46. The summed E-state index contributed by atoms with van der Waals surface area (Å²) < 4.78 is 14.1. The van der Waals surface area contributed by atoms with Crippen LogP contribution in [0.3, 0.4) is 0 Å². The SMILES string of the molecule is CCC(CBr)NC(=O)c1ccc(Br)cc1F. The second-order valence-electron chi connectivity index (χ2n) is 3.36. The molecule has 0 aliphatic rings. The molecule has 0 heterocycles. The largest absolute Gasteiger partial charge is 0.348 e. The van der Waals surface area contributed by atoms with Crippen molar-refractivity contribution in [3.63, 3.8) is 0 Å². The Bertz CT molecular complexity index is 380. The lowest BCUT2D eigenvalue weighted by molar-refractivity contribution is 0.0936. The van der Waals surface area contributed by atoms with Crippen LogP contribution in [0.5, 0.6) is 0 Å². The predicted molar refractivity (Wildman–Crippen MR) is 69.4 cm³/mol. The second-order valence-corrected chi connectivity index (χ2v) is 4.92. The summed E-state index contributed by atoms with van der Waals surface area (Å²) in [5.41, 5.74) is 0.0719. The number of halogens is 3. The molecule has 0 spiro atoms. The highest BCUT2D eigenvalue weighted by Gasteiger charge is 2.14. The van der Waals surface area contributed by atoms with Gasteiger partial charge in [-0.3, -0.25) is 4.79 Å². The molecule has 5 heteroatoms. The molecule has 1 amide bonds. The third kappa shape index (κ3) is 3.56. The molecule has 0 fully saturated rings. The molecular weight excluding hydrogens is 341 g/mol. The average molecular weight is 353 g/mol. The molecule has 1 aromatic carbocycles. The fraction of sp³-hybridized carbons (Fsp3) is 0.364. The van der Waals surface area contributed by atoms with Crippen LogP contribution in [-0.2, 0) is 0 Å². The minimum atomic E-state index is -0.517. The monoisotopic (exact) mass is 351 g/mol. The third-order valence-electron chi connectivity index (χ3n) is 2.19. The van der Waals surface area contributed by atoms with Crippen molar-refractivity contribution in [2.24, 2.45) is 0 Å². The fourth-order valence-corrected chi connectivity index (χ4v) is 2.14. The Balaban J connectivity index is 2.80. The van der Waals surface area contributed by atoms with E-state index in [0.29, 0.717) is 9.80 Å². The van der Waals surface area contributed by atoms with Gasteiger partial charge in [-0.25, -0.2) is 4.39 Å². The van der Waals surface area contributed by atoms with Gasteiger partial charge in [0.15, 0.2) is 0 Å². The van der Waals surface area contributed by atoms with Crippen LogP contribution < -0.4 is 5.32 Å². The van der Waals surface area contributed by atoms with E-state index < -0.39 is 5.82 Å². The molecular formula is C11H12Br2FNO. The van der Waals surface area contributed by atoms with Gasteiger partial charge in [-0.15, -0.1) is 0 Å². The van der Waals surface area contributed by atoms with Gasteiger partial charge in [0.25, 0.3) is 5.91 Å². The lowest BCUT2D eigenvalue weighted by Crippen LogP contribution is -2.35. The quantitative estimate of drug-likeness (QED) is 0.825. The number of rotatable bonds is 4. The summed E-state index contributed by atoms with van der Waals surface area (Å²) in [6.07, 6.45) is 0.801. The zero-order chi connectivity index (χ0) is 12.1. The van der Waals surface area contributed by atoms with Crippen molar-refractivity contribution in [1.29, 1.82) is 0 Å². The van der Waals surface area contributed by atoms with Crippen molar-refractivity contribution in [1.82, 2.24) is 5.32 Å². The summed E-state index contributed by atoms with van der Waals surface area (Å²) in [7, 11) is 0. The Hall–Kier alpha value is -0.420. The van der Waals surface area contributed by atoms with Gasteiger partial charge in [-0.2, -0.15) is 0 Å². The van der Waals surface area contributed by atoms with Crippen molar-refractivity contribution in [3.8, 4) is 0 Å². The molecule has 1 unspecified atom stereocenters. The summed E-state index contributed by atoms with van der Waals surface area (Å²) in [5, 5.41) is 3.41. The summed E-state index contributed by atoms with van der Waals surface area (Å²) in [6, 6.07) is 4.42. The first-order valence-electron chi connectivity index (χ1n) is 4.90. The first-order chi connectivity index (χ1) is 7.58. The predicted octanol–water partition coefficient (Wildman–Crippen LogP) is 3.49. The van der Waals surface area contributed by atoms with E-state index >= 15 is 0 Å². The smallest absolute Gasteiger partial charge is 0.254 e. The second kappa shape index (κ2) is 6.35. The van der Waals surface area contributed by atoms with Crippen molar-refractivity contribution in [2.45, 2.75) is 19.4 Å². The highest BCUT2D eigenvalue weighted by molar-refractivity contribution is 9.10. The van der Waals surface area contributed by atoms with Crippen LogP contribution in [0.4, 0.5) is 4.39 Å². The molecule has 0 saturated carbocycles. The lowest BCUT2D eigenvalue weighted by atomic mass is 10.1. The van der Waals surface area contributed by atoms with Crippen LogP contribution in [-0.4, -0.2) is 17.3 Å². The van der Waals surface area contributed by atoms with Gasteiger partial charge in [0, 0.05) is 15.8 Å². The van der Waals surface area contributed by atoms with Gasteiger partial charge in [-0.05, 0) is 24.6 Å². The highest BCUT2D eigenvalue weighted by atomic mass is 79.9. The van der Waals surface area contributed by atoms with E-state index in [0.717, 1.165) is 6.42 Å². The number of benzene rings is 1. The van der Waals surface area contributed by atoms with Gasteiger partial charge in [0.05, 0.1) is 5.56 Å². The normalized spacial score (nSPS) is 12.2. The molecule has 1 atom stereocenters. The first-order valence-corrected chi connectivity index (χ1v) is 6.81. The van der Waals surface area contributed by atoms with Crippen molar-refractivity contribution < 1.29 is 9.18 Å². The van der Waals surface area contributed by atoms with E-state index in [2.05, 4.69) is 37.2 Å². The summed E-state index contributed by atoms with van der Waals surface area (Å²) in [6.45, 7) is 1.96. The minimum Gasteiger partial charge on any atom is -0.348 e. The van der Waals surface area contributed by atoms with Gasteiger partial charge < -0.3 is 5.32 Å². The van der Waals surface area contributed by atoms with Crippen LogP contribution in [0.1, 0.15) is 23.7 Å². The highest BCUT2D eigenvalue weighted by Crippen LogP contribution is 2.15. The summed E-state index contributed by atoms with van der Waals surface area (Å²) in [4.78, 5) is 11.7. The van der Waals surface area contributed by atoms with Gasteiger partial charge in [-0.1, -0.05) is 38.8 Å². The van der Waals surface area contributed by atoms with Gasteiger partial charge in [0.1, 0.15) is 5.82 Å². The molecule has 1 aromatic rings. The van der Waals surface area contributed by atoms with E-state index in [4.69, 9.17) is 0 Å². The van der Waals surface area contributed by atoms with Gasteiger partial charge in [0.2, 0.25) is 0 Å². The van der Waals surface area contributed by atoms with Crippen LogP contribution >= 0.6 is 31.9 Å². The first kappa shape index (κ1) is 13.6. The van der Waals surface area contributed by atoms with E-state index in [-0.39, 0.29) is 17.5 Å². The molecule has 0 aliphatic carbocycles. The molecule has 2 nitrogen and oxygen atoms in total. The Morgan fingerprint density at radius 1 is 1.56 bits per heavy atom. The van der Waals surface area contributed by atoms with Crippen molar-refractivity contribution in [2.75, 3.05) is 5.33 Å². The Labute approximate surface area is 111 Å². The van der Waals surface area contributed by atoms with Crippen molar-refractivity contribution >= 4 is 37.8 Å². The number of amides is 1. The number of carbonyl (C=O) groups excluding carboxylic acids is 1. The minimum absolute atomic E-state index is 0.0237. The van der Waals surface area contributed by atoms with E-state index in [9.17, 15) is 9.18 Å². The molecule has 0 aromatic heterocycles. The van der Waals surface area contributed by atoms with E-state index in [1.165, 1.54) is 12.1 Å². The zero-order valence-corrected chi connectivity index (χ0v) is 11.9. The number of hydrogen-bond donors (Lipinski definition) is 1. The van der Waals surface area contributed by atoms with E-state index in [1.807, 2.05) is 6.92 Å².